The van der Waals surface area contributed by atoms with E-state index in [9.17, 15) is 0 Å². The number of hydrogen-bond acceptors (Lipinski definition) is 1. The zero-order valence-electron chi connectivity index (χ0n) is 8.54. The molecule has 13 heavy (non-hydrogen) atoms. The largest absolute Gasteiger partial charge is 0.370 e. The average molecular weight is 180 g/mol. The fourth-order valence-corrected chi connectivity index (χ4v) is 0.841. The van der Waals surface area contributed by atoms with Gasteiger partial charge in [0.25, 0.3) is 0 Å². The molecule has 74 valence electrons. The lowest BCUT2D eigenvalue weighted by Gasteiger charge is -2.03. The van der Waals surface area contributed by atoms with E-state index in [0.29, 0.717) is 6.61 Å². The van der Waals surface area contributed by atoms with E-state index in [1.54, 1.807) is 6.08 Å². The highest BCUT2D eigenvalue weighted by atomic mass is 16.5. The second-order valence-corrected chi connectivity index (χ2v) is 2.97. The molecular formula is C12H20O. The minimum Gasteiger partial charge on any atom is -0.370 e. The van der Waals surface area contributed by atoms with Crippen molar-refractivity contribution < 1.29 is 4.74 Å². The lowest BCUT2D eigenvalue weighted by molar-refractivity contribution is 0.123. The van der Waals surface area contributed by atoms with Crippen molar-refractivity contribution in [1.82, 2.24) is 0 Å². The van der Waals surface area contributed by atoms with E-state index >= 15 is 0 Å². The molecule has 0 amide bonds. The maximum absolute atomic E-state index is 5.37. The molecule has 0 fully saturated rings. The first kappa shape index (κ1) is 12.2. The van der Waals surface area contributed by atoms with E-state index in [1.165, 1.54) is 6.42 Å². The third-order valence-corrected chi connectivity index (χ3v) is 1.73. The minimum atomic E-state index is 0.151. The Morgan fingerprint density at radius 2 is 2.00 bits per heavy atom. The summed E-state index contributed by atoms with van der Waals surface area (Å²) >= 11 is 0. The molecule has 1 unspecified atom stereocenters. The Hall–Kier alpha value is -0.820. The van der Waals surface area contributed by atoms with E-state index < -0.39 is 0 Å². The van der Waals surface area contributed by atoms with Crippen LogP contribution in [0.3, 0.4) is 0 Å². The lowest BCUT2D eigenvalue weighted by atomic mass is 10.2. The smallest absolute Gasteiger partial charge is 0.0729 e. The highest BCUT2D eigenvalue weighted by Gasteiger charge is 1.90. The van der Waals surface area contributed by atoms with E-state index in [0.717, 1.165) is 12.8 Å². The zero-order valence-corrected chi connectivity index (χ0v) is 8.54. The number of allylic oxidation sites excluding steroid dienone is 2. The number of unbranched alkanes of at least 4 members (excludes halogenated alkanes) is 2. The van der Waals surface area contributed by atoms with Gasteiger partial charge >= 0.3 is 0 Å². The van der Waals surface area contributed by atoms with Crippen LogP contribution in [0.25, 0.3) is 0 Å². The SMILES string of the molecule is C=CCCCC=CCOC(C)C=C. The summed E-state index contributed by atoms with van der Waals surface area (Å²) in [7, 11) is 0. The van der Waals surface area contributed by atoms with Crippen molar-refractivity contribution in [2.45, 2.75) is 32.3 Å². The van der Waals surface area contributed by atoms with E-state index in [-0.39, 0.29) is 6.10 Å². The highest BCUT2D eigenvalue weighted by molar-refractivity contribution is 4.84. The molecular weight excluding hydrogens is 160 g/mol. The quantitative estimate of drug-likeness (QED) is 0.410. The molecule has 0 spiro atoms. The summed E-state index contributed by atoms with van der Waals surface area (Å²) < 4.78 is 5.37. The summed E-state index contributed by atoms with van der Waals surface area (Å²) in [4.78, 5) is 0. The monoisotopic (exact) mass is 180 g/mol. The van der Waals surface area contributed by atoms with Crippen LogP contribution in [0, 0.1) is 0 Å². The molecule has 0 saturated heterocycles. The first-order valence-corrected chi connectivity index (χ1v) is 4.81. The third kappa shape index (κ3) is 9.09. The minimum absolute atomic E-state index is 0.151. The summed E-state index contributed by atoms with van der Waals surface area (Å²) in [5.74, 6) is 0. The maximum Gasteiger partial charge on any atom is 0.0729 e. The summed E-state index contributed by atoms with van der Waals surface area (Å²) in [5, 5.41) is 0. The Morgan fingerprint density at radius 3 is 2.62 bits per heavy atom. The van der Waals surface area contributed by atoms with Gasteiger partial charge in [-0.05, 0) is 26.2 Å². The Labute approximate surface area is 81.8 Å². The first-order valence-electron chi connectivity index (χ1n) is 4.81. The second kappa shape index (κ2) is 9.27. The van der Waals surface area contributed by atoms with Crippen LogP contribution < -0.4 is 0 Å². The fraction of sp³-hybridized carbons (Fsp3) is 0.500. The van der Waals surface area contributed by atoms with Crippen LogP contribution in [-0.2, 0) is 4.74 Å². The predicted octanol–water partition coefficient (Wildman–Crippen LogP) is 3.49. The molecule has 0 saturated carbocycles. The number of ether oxygens (including phenoxy) is 1. The van der Waals surface area contributed by atoms with Gasteiger partial charge in [-0.1, -0.05) is 24.3 Å². The van der Waals surface area contributed by atoms with Gasteiger partial charge in [-0.3, -0.25) is 0 Å². The van der Waals surface area contributed by atoms with Gasteiger partial charge in [-0.2, -0.15) is 0 Å². The van der Waals surface area contributed by atoms with Gasteiger partial charge in [0.15, 0.2) is 0 Å². The number of hydrogen-bond donors (Lipinski definition) is 0. The Bertz CT molecular complexity index is 159. The van der Waals surface area contributed by atoms with Gasteiger partial charge in [-0.25, -0.2) is 0 Å². The van der Waals surface area contributed by atoms with Crippen LogP contribution in [0.2, 0.25) is 0 Å². The van der Waals surface area contributed by atoms with Gasteiger partial charge < -0.3 is 4.74 Å². The molecule has 0 aliphatic rings. The molecule has 1 nitrogen and oxygen atoms in total. The van der Waals surface area contributed by atoms with Crippen LogP contribution in [0.4, 0.5) is 0 Å². The van der Waals surface area contributed by atoms with Crippen LogP contribution in [0.5, 0.6) is 0 Å². The van der Waals surface area contributed by atoms with Crippen LogP contribution in [0.1, 0.15) is 26.2 Å². The van der Waals surface area contributed by atoms with Crippen molar-refractivity contribution in [2.75, 3.05) is 6.61 Å². The molecule has 1 heteroatoms. The zero-order chi connectivity index (χ0) is 9.94. The third-order valence-electron chi connectivity index (χ3n) is 1.73. The standard InChI is InChI=1S/C12H20O/c1-4-6-7-8-9-10-11-13-12(3)5-2/h4-5,9-10,12H,1-2,6-8,11H2,3H3. The lowest BCUT2D eigenvalue weighted by Crippen LogP contribution is -2.03. The van der Waals surface area contributed by atoms with Crippen molar-refractivity contribution in [2.24, 2.45) is 0 Å². The van der Waals surface area contributed by atoms with Crippen molar-refractivity contribution >= 4 is 0 Å². The van der Waals surface area contributed by atoms with Crippen LogP contribution in [0.15, 0.2) is 37.5 Å². The molecule has 0 heterocycles. The molecule has 0 aromatic rings. The van der Waals surface area contributed by atoms with Gasteiger partial charge in [0, 0.05) is 0 Å². The Balaban J connectivity index is 3.21. The summed E-state index contributed by atoms with van der Waals surface area (Å²) in [6.07, 6.45) is 11.5. The van der Waals surface area contributed by atoms with Gasteiger partial charge in [0.2, 0.25) is 0 Å². The topological polar surface area (TPSA) is 9.23 Å². The van der Waals surface area contributed by atoms with Crippen molar-refractivity contribution in [3.8, 4) is 0 Å². The fourth-order valence-electron chi connectivity index (χ4n) is 0.841. The number of rotatable bonds is 8. The Morgan fingerprint density at radius 1 is 1.23 bits per heavy atom. The Kier molecular flexibility index (Phi) is 8.68. The average Bonchev–Trinajstić information content (AvgIpc) is 2.16. The summed E-state index contributed by atoms with van der Waals surface area (Å²) in [6, 6.07) is 0. The summed E-state index contributed by atoms with van der Waals surface area (Å²) in [5.41, 5.74) is 0. The molecule has 0 aromatic carbocycles. The first-order chi connectivity index (χ1) is 6.31. The molecule has 0 rings (SSSR count). The van der Waals surface area contributed by atoms with Gasteiger partial charge in [-0.15, -0.1) is 13.2 Å². The molecule has 1 atom stereocenters. The van der Waals surface area contributed by atoms with Crippen molar-refractivity contribution in [3.63, 3.8) is 0 Å². The van der Waals surface area contributed by atoms with Crippen molar-refractivity contribution in [1.29, 1.82) is 0 Å². The molecule has 0 aliphatic carbocycles. The molecule has 0 radical (unpaired) electrons. The van der Waals surface area contributed by atoms with Crippen LogP contribution in [-0.4, -0.2) is 12.7 Å². The molecule has 0 aliphatic heterocycles. The molecule has 0 bridgehead atoms. The molecule has 0 N–H and O–H groups in total. The highest BCUT2D eigenvalue weighted by Crippen LogP contribution is 1.97. The maximum atomic E-state index is 5.37. The van der Waals surface area contributed by atoms with Crippen LogP contribution >= 0.6 is 0 Å². The van der Waals surface area contributed by atoms with E-state index in [4.69, 9.17) is 4.74 Å². The van der Waals surface area contributed by atoms with E-state index in [1.807, 2.05) is 13.0 Å². The van der Waals surface area contributed by atoms with Gasteiger partial charge in [0.1, 0.15) is 0 Å². The normalized spacial score (nSPS) is 13.0. The molecule has 0 aromatic heterocycles. The van der Waals surface area contributed by atoms with E-state index in [2.05, 4.69) is 25.3 Å². The summed E-state index contributed by atoms with van der Waals surface area (Å²) in [6.45, 7) is 9.98. The second-order valence-electron chi connectivity index (χ2n) is 2.97. The predicted molar refractivity (Wildman–Crippen MR) is 58.8 cm³/mol. The van der Waals surface area contributed by atoms with Gasteiger partial charge in [0.05, 0.1) is 12.7 Å². The van der Waals surface area contributed by atoms with Crippen molar-refractivity contribution in [3.05, 3.63) is 37.5 Å².